The molecule has 0 aliphatic carbocycles. The third-order valence-electron chi connectivity index (χ3n) is 29.4. The van der Waals surface area contributed by atoms with Gasteiger partial charge in [0.1, 0.15) is 37.8 Å². The molecule has 26 nitrogen and oxygen atoms in total. The summed E-state index contributed by atoms with van der Waals surface area (Å²) in [5.74, 6) is 0.359. The molecule has 142 heavy (non-hydrogen) atoms. The van der Waals surface area contributed by atoms with Crippen molar-refractivity contribution in [3.63, 3.8) is 0 Å². The van der Waals surface area contributed by atoms with Gasteiger partial charge in [-0.2, -0.15) is 58.1 Å². The van der Waals surface area contributed by atoms with E-state index >= 15 is 0 Å². The number of alkyl halides is 11. The summed E-state index contributed by atoms with van der Waals surface area (Å²) < 4.78 is 203. The third kappa shape index (κ3) is 25.9. The highest BCUT2D eigenvalue weighted by Crippen LogP contribution is 2.42. The summed E-state index contributed by atoms with van der Waals surface area (Å²) in [6, 6.07) is 26.1. The lowest BCUT2D eigenvalue weighted by atomic mass is 10.0. The summed E-state index contributed by atoms with van der Waals surface area (Å²) in [6.45, 7) is 37.9. The minimum atomic E-state index is -4.29. The molecular weight excluding hydrogens is 1940 g/mol. The smallest absolute Gasteiger partial charge is 0.368 e. The van der Waals surface area contributed by atoms with E-state index < -0.39 is 63.8 Å². The zero-order valence-corrected chi connectivity index (χ0v) is 87.5. The lowest BCUT2D eigenvalue weighted by molar-refractivity contribution is -0.127. The number of benzene rings is 3. The lowest BCUT2D eigenvalue weighted by Gasteiger charge is -2.37. The van der Waals surface area contributed by atoms with Gasteiger partial charge in [0.05, 0.1) is 47.9 Å². The van der Waals surface area contributed by atoms with Gasteiger partial charge in [-0.1, -0.05) is 25.1 Å². The normalized spacial score (nSPS) is 18.9. The zero-order valence-electron chi connectivity index (χ0n) is 83.4. The summed E-state index contributed by atoms with van der Waals surface area (Å²) in [5, 5.41) is 16.2. The summed E-state index contributed by atoms with van der Waals surface area (Å²) in [4.78, 5) is 45.3. The molecular formula is C100H133F11N22O4S5. The molecule has 42 heteroatoms. The largest absolute Gasteiger partial charge is 0.393 e. The Morgan fingerprint density at radius 3 is 1.05 bits per heavy atom. The van der Waals surface area contributed by atoms with Crippen LogP contribution in [0.5, 0.6) is 0 Å². The molecule has 0 saturated carbocycles. The van der Waals surface area contributed by atoms with E-state index in [0.717, 1.165) is 177 Å². The Morgan fingerprint density at radius 1 is 0.423 bits per heavy atom. The molecule has 5 N–H and O–H groups in total. The van der Waals surface area contributed by atoms with E-state index in [-0.39, 0.29) is 69.7 Å². The van der Waals surface area contributed by atoms with Crippen molar-refractivity contribution in [2.24, 2.45) is 0 Å². The van der Waals surface area contributed by atoms with Crippen molar-refractivity contribution >= 4 is 147 Å². The van der Waals surface area contributed by atoms with Crippen molar-refractivity contribution in [3.05, 3.63) is 144 Å². The van der Waals surface area contributed by atoms with Gasteiger partial charge in [-0.05, 0) is 189 Å². The van der Waals surface area contributed by atoms with Crippen LogP contribution in [0.4, 0.5) is 77.6 Å². The molecule has 0 amide bonds. The fourth-order valence-electron chi connectivity index (χ4n) is 21.1. The van der Waals surface area contributed by atoms with Crippen molar-refractivity contribution in [2.75, 3.05) is 158 Å². The molecule has 0 radical (unpaired) electrons. The molecule has 9 aromatic heterocycles. The van der Waals surface area contributed by atoms with Crippen LogP contribution in [0.1, 0.15) is 150 Å². The Hall–Kier alpha value is -8.79. The number of rotatable bonds is 28. The highest BCUT2D eigenvalue weighted by molar-refractivity contribution is 7.88. The number of halogens is 11. The number of hydrogen-bond donors (Lipinski definition) is 4. The minimum absolute atomic E-state index is 0.0448. The zero-order chi connectivity index (χ0) is 102. The number of nitrogen functional groups attached to an aromatic ring is 1. The van der Waals surface area contributed by atoms with Crippen molar-refractivity contribution < 1.29 is 65.1 Å². The maximum Gasteiger partial charge on any atom is 0.393 e. The van der Waals surface area contributed by atoms with Crippen LogP contribution in [0.2, 0.25) is 0 Å². The van der Waals surface area contributed by atoms with Gasteiger partial charge in [-0.15, -0.1) is 34.0 Å². The Labute approximate surface area is 836 Å². The SMILES string of the molecule is CCc1nc(NC2CCN(Cc3ccc4c(cc(C)n4C[C@H](C)N4CCN(S(C)(=O)=O)CC4)c3C)CC2)c2cc(CC(F)(F)F)sc2n1.Cc1c(CN2CCC(Nc3nc(N(C)C)nc4sc(CC(F)(F)F)cc34)CC2)ccc2c1cc(C)n2C[C@H](C)N1CCN(S(C)(=O)=O)CC1.Cc1c(CN2CCC(Nc3nc(N)nc4sc(CC(F)(F)F)cc34)CC2)ccc2c1cc(C)n2C[C@H](C)N1CCC(F)(F)CC1. The van der Waals surface area contributed by atoms with Crippen LogP contribution in [0.15, 0.2) is 72.8 Å². The van der Waals surface area contributed by atoms with Gasteiger partial charge in [0.2, 0.25) is 31.9 Å². The standard InChI is InChI=1S/C34H47F3N8O2S2.C34H46F3N7O2S2.C32H40F5N7S/c1-22-17-28-24(3)25(7-8-30(28)45(22)20-23(2)43-13-15-44(16-14-43)49(6,46)47)21-42-11-9-26(10-12-42)38-31-29-18-27(19-34(35,36)37)48-32(29)40-33(39-31)41(4)5;1-6-31-39-32(29-18-27(19-34(35,36)37)47-33(29)40-31)38-26-9-11-41(12-10-26)21-25-7-8-30-28(24(25)4)17-22(2)44(30)20-23(3)42-13-15-43(16-14-42)48(5,45)46;1-19-14-25-21(3)22(4-5-27(25)44(19)17-20(2)43-12-8-31(33,34)9-13-43)18-42-10-6-23(7-11-42)39-28-26-15-24(16-32(35,36)37)45-29(26)41-30(38)40-28/h7-8,17-18,23,26H,9-16,19-21H2,1-6H3,(H,38,39,40);7-8,17-18,23,26H,6,9-16,19-21H2,1-5H3,(H,38,39,40);4-5,14-15,20,23H,6-13,16-18H2,1-3H3,(H3,38,39,40,41)/t2*23-;20-/m000/s1. The Balaban J connectivity index is 0.000000153. The van der Waals surface area contributed by atoms with E-state index in [1.54, 1.807) is 25.6 Å². The van der Waals surface area contributed by atoms with Crippen LogP contribution in [-0.2, 0) is 85.0 Å². The highest BCUT2D eigenvalue weighted by Gasteiger charge is 2.39. The van der Waals surface area contributed by atoms with E-state index in [1.165, 1.54) is 102 Å². The van der Waals surface area contributed by atoms with Gasteiger partial charge in [0.15, 0.2) is 0 Å². The molecule has 12 aromatic rings. The summed E-state index contributed by atoms with van der Waals surface area (Å²) in [6.07, 6.45) is -7.34. The van der Waals surface area contributed by atoms with Gasteiger partial charge < -0.3 is 40.3 Å². The molecule has 6 fully saturated rings. The maximum atomic E-state index is 13.7. The fourth-order valence-corrected chi connectivity index (χ4v) is 26.0. The molecule has 15 heterocycles. The number of aromatic nitrogens is 9. The number of fused-ring (bicyclic) bond motifs is 6. The van der Waals surface area contributed by atoms with Gasteiger partial charge in [-0.3, -0.25) is 29.4 Å². The first kappa shape index (κ1) is 106. The van der Waals surface area contributed by atoms with Crippen LogP contribution >= 0.6 is 34.0 Å². The van der Waals surface area contributed by atoms with Gasteiger partial charge in [0, 0.05) is 278 Å². The minimum Gasteiger partial charge on any atom is -0.368 e. The quantitative estimate of drug-likeness (QED) is 0.0333. The van der Waals surface area contributed by atoms with Crippen molar-refractivity contribution in [2.45, 2.75) is 246 Å². The van der Waals surface area contributed by atoms with Crippen molar-refractivity contribution in [1.29, 1.82) is 0 Å². The molecule has 0 unspecified atom stereocenters. The summed E-state index contributed by atoms with van der Waals surface area (Å²) in [7, 11) is -2.64. The molecule has 18 rings (SSSR count). The predicted molar refractivity (Wildman–Crippen MR) is 550 cm³/mol. The Kier molecular flexibility index (Phi) is 32.3. The summed E-state index contributed by atoms with van der Waals surface area (Å²) in [5.41, 5.74) is 20.9. The van der Waals surface area contributed by atoms with E-state index in [9.17, 15) is 65.1 Å². The number of anilines is 5. The molecule has 6 aliphatic heterocycles. The predicted octanol–water partition coefficient (Wildman–Crippen LogP) is 18.6. The van der Waals surface area contributed by atoms with E-state index in [1.807, 2.05) is 21.0 Å². The van der Waals surface area contributed by atoms with Crippen LogP contribution in [0, 0.1) is 41.5 Å². The first-order chi connectivity index (χ1) is 67.0. The second-order valence-corrected chi connectivity index (χ2v) is 47.5. The molecule has 774 valence electrons. The van der Waals surface area contributed by atoms with Crippen LogP contribution < -0.4 is 26.6 Å². The van der Waals surface area contributed by atoms with E-state index in [0.29, 0.717) is 106 Å². The second-order valence-electron chi connectivity index (χ2n) is 40.2. The second kappa shape index (κ2) is 43.3. The number of nitrogens with one attached hydrogen (secondary N) is 3. The first-order valence-electron chi connectivity index (χ1n) is 49.2. The van der Waals surface area contributed by atoms with Crippen LogP contribution in [0.25, 0.3) is 63.4 Å². The maximum absolute atomic E-state index is 13.7. The Morgan fingerprint density at radius 2 is 0.732 bits per heavy atom. The first-order valence-corrected chi connectivity index (χ1v) is 55.4. The van der Waals surface area contributed by atoms with Gasteiger partial charge in [0.25, 0.3) is 5.92 Å². The number of likely N-dealkylation sites (tertiary alicyclic amines) is 4. The number of nitrogens with zero attached hydrogens (tertiary/aromatic N) is 18. The molecule has 0 spiro atoms. The number of hydrogen-bond acceptors (Lipinski definition) is 24. The fraction of sp³-hybridized carbons (Fsp3) is 0.580. The monoisotopic (exact) mass is 2070 g/mol. The van der Waals surface area contributed by atoms with Gasteiger partial charge in [-0.25, -0.2) is 45.6 Å². The molecule has 3 aromatic carbocycles. The molecule has 3 atom stereocenters. The average molecular weight is 2080 g/mol. The van der Waals surface area contributed by atoms with E-state index in [2.05, 4.69) is 206 Å². The van der Waals surface area contributed by atoms with Crippen molar-refractivity contribution in [3.8, 4) is 0 Å². The number of aryl methyl sites for hydroxylation is 7. The Bertz CT molecular complexity index is 6700. The van der Waals surface area contributed by atoms with E-state index in [4.69, 9.17) is 5.73 Å². The molecule has 0 bridgehead atoms. The number of sulfonamides is 2. The average Bonchev–Trinajstić information content (AvgIpc) is 1.63. The highest BCUT2D eigenvalue weighted by atomic mass is 32.2. The number of nitrogens with two attached hydrogens (primary N) is 1. The van der Waals surface area contributed by atoms with Gasteiger partial charge >= 0.3 is 18.5 Å². The van der Waals surface area contributed by atoms with Crippen molar-refractivity contribution in [1.82, 2.24) is 81.6 Å². The molecule has 6 saturated heterocycles. The number of thiophene rings is 3. The number of piperidine rings is 4. The van der Waals surface area contributed by atoms with Crippen LogP contribution in [0.3, 0.4) is 0 Å². The number of piperazine rings is 2. The molecule has 6 aliphatic rings. The lowest BCUT2D eigenvalue weighted by Crippen LogP contribution is -2.51. The van der Waals surface area contributed by atoms with Crippen LogP contribution in [-0.4, -0.2) is 290 Å². The topological polar surface area (TPSA) is 252 Å². The third-order valence-corrected chi connectivity index (χ3v) is 35.1. The summed E-state index contributed by atoms with van der Waals surface area (Å²) >= 11 is 3.18.